The topological polar surface area (TPSA) is 30.7 Å². The van der Waals surface area contributed by atoms with Crippen LogP contribution in [0.25, 0.3) is 106 Å². The zero-order chi connectivity index (χ0) is 40.5. The predicted octanol–water partition coefficient (Wildman–Crippen LogP) is 15.2. The Morgan fingerprint density at radius 3 is 1.18 bits per heavy atom. The summed E-state index contributed by atoms with van der Waals surface area (Å²) in [7, 11) is 0. The normalized spacial score (nSPS) is 11.3. The van der Waals surface area contributed by atoms with Gasteiger partial charge in [-0.2, -0.15) is 0 Å². The van der Waals surface area contributed by atoms with Crippen LogP contribution in [0.5, 0.6) is 0 Å². The van der Waals surface area contributed by atoms with Crippen molar-refractivity contribution in [3.8, 4) is 84.0 Å². The van der Waals surface area contributed by atoms with Gasteiger partial charge in [0.15, 0.2) is 5.82 Å². The Kier molecular flexibility index (Phi) is 9.18. The van der Waals surface area contributed by atoms with Gasteiger partial charge in [0.1, 0.15) is 5.65 Å². The van der Waals surface area contributed by atoms with E-state index in [1.165, 1.54) is 38.9 Å². The van der Waals surface area contributed by atoms with Crippen LogP contribution in [0.4, 0.5) is 0 Å². The van der Waals surface area contributed by atoms with E-state index in [-0.39, 0.29) is 0 Å². The van der Waals surface area contributed by atoms with Crippen LogP contribution in [-0.2, 0) is 0 Å². The third-order valence-electron chi connectivity index (χ3n) is 11.6. The minimum Gasteiger partial charge on any atom is -0.294 e. The molecule has 0 amide bonds. The Hall–Kier alpha value is -8.14. The molecule has 286 valence electrons. The van der Waals surface area contributed by atoms with Crippen LogP contribution in [0.1, 0.15) is 0 Å². The second kappa shape index (κ2) is 15.6. The molecule has 3 heteroatoms. The fourth-order valence-corrected chi connectivity index (χ4v) is 8.58. The predicted molar refractivity (Wildman–Crippen MR) is 254 cm³/mol. The molecule has 3 nitrogen and oxygen atoms in total. The lowest BCUT2D eigenvalue weighted by Gasteiger charge is -2.12. The van der Waals surface area contributed by atoms with Crippen molar-refractivity contribution < 1.29 is 0 Å². The lowest BCUT2D eigenvalue weighted by Crippen LogP contribution is -1.99. The van der Waals surface area contributed by atoms with E-state index in [4.69, 9.17) is 9.97 Å². The zero-order valence-electron chi connectivity index (χ0n) is 33.4. The number of hydrogen-bond donors (Lipinski definition) is 0. The average molecular weight is 778 g/mol. The molecule has 2 aromatic heterocycles. The van der Waals surface area contributed by atoms with Crippen LogP contribution in [0.3, 0.4) is 0 Å². The van der Waals surface area contributed by atoms with Crippen LogP contribution in [0.15, 0.2) is 237 Å². The Bertz CT molecular complexity index is 3330. The second-order valence-corrected chi connectivity index (χ2v) is 15.4. The summed E-state index contributed by atoms with van der Waals surface area (Å²) in [4.78, 5) is 10.9. The second-order valence-electron chi connectivity index (χ2n) is 15.4. The van der Waals surface area contributed by atoms with Gasteiger partial charge in [0.2, 0.25) is 0 Å². The molecule has 0 atom stereocenters. The molecule has 0 aliphatic carbocycles. The Labute approximate surface area is 355 Å². The molecule has 0 unspecified atom stereocenters. The highest BCUT2D eigenvalue weighted by atomic mass is 15.1. The molecule has 0 bridgehead atoms. The van der Waals surface area contributed by atoms with E-state index >= 15 is 0 Å². The molecule has 9 aromatic carbocycles. The van der Waals surface area contributed by atoms with Gasteiger partial charge in [-0.3, -0.25) is 4.57 Å². The Morgan fingerprint density at radius 1 is 0.279 bits per heavy atom. The summed E-state index contributed by atoms with van der Waals surface area (Å²) in [6.45, 7) is 0. The lowest BCUT2D eigenvalue weighted by molar-refractivity contribution is 1.11. The van der Waals surface area contributed by atoms with Crippen LogP contribution in [0.2, 0.25) is 0 Å². The number of aromatic nitrogens is 3. The van der Waals surface area contributed by atoms with Gasteiger partial charge < -0.3 is 0 Å². The molecule has 61 heavy (non-hydrogen) atoms. The van der Waals surface area contributed by atoms with Crippen molar-refractivity contribution in [3.05, 3.63) is 237 Å². The molecule has 11 rings (SSSR count). The van der Waals surface area contributed by atoms with Gasteiger partial charge in [0.25, 0.3) is 0 Å². The molecule has 0 saturated heterocycles. The summed E-state index contributed by atoms with van der Waals surface area (Å²) in [5.41, 5.74) is 17.6. The van der Waals surface area contributed by atoms with Crippen LogP contribution in [0, 0.1) is 0 Å². The highest BCUT2D eigenvalue weighted by molar-refractivity contribution is 6.14. The maximum atomic E-state index is 5.47. The zero-order valence-corrected chi connectivity index (χ0v) is 33.4. The molecule has 0 spiro atoms. The quantitative estimate of drug-likeness (QED) is 0.154. The summed E-state index contributed by atoms with van der Waals surface area (Å²) in [5.74, 6) is 0.677. The van der Waals surface area contributed by atoms with E-state index in [1.54, 1.807) is 0 Å². The maximum Gasteiger partial charge on any atom is 0.162 e. The number of benzene rings is 9. The van der Waals surface area contributed by atoms with Gasteiger partial charge in [-0.1, -0.05) is 194 Å². The van der Waals surface area contributed by atoms with Crippen LogP contribution >= 0.6 is 0 Å². The first-order valence-electron chi connectivity index (χ1n) is 20.7. The fraction of sp³-hybridized carbons (Fsp3) is 0. The molecule has 0 aliphatic heterocycles. The molecular weight excluding hydrogens is 739 g/mol. The van der Waals surface area contributed by atoms with Crippen molar-refractivity contribution in [1.82, 2.24) is 14.5 Å². The number of para-hydroxylation sites is 2. The monoisotopic (exact) mass is 777 g/mol. The Balaban J connectivity index is 1.04. The van der Waals surface area contributed by atoms with Gasteiger partial charge in [-0.25, -0.2) is 9.97 Å². The van der Waals surface area contributed by atoms with Crippen molar-refractivity contribution in [2.75, 3.05) is 0 Å². The van der Waals surface area contributed by atoms with Crippen LogP contribution < -0.4 is 0 Å². The van der Waals surface area contributed by atoms with Crippen LogP contribution in [-0.4, -0.2) is 14.5 Å². The van der Waals surface area contributed by atoms with E-state index in [1.807, 2.05) is 0 Å². The SMILES string of the molecule is c1ccc(-c2cccc(-c3ccc(-c4nc(-c5cccc(-c6cccc(-c7cccc(-c8ccccc8)c7)c6)c5)nc5c4c4ccccc4n5-c4ccccc4)cc3)c2)cc1. The average Bonchev–Trinajstić information content (AvgIpc) is 3.69. The van der Waals surface area contributed by atoms with Gasteiger partial charge in [-0.15, -0.1) is 0 Å². The first-order valence-corrected chi connectivity index (χ1v) is 20.7. The summed E-state index contributed by atoms with van der Waals surface area (Å²) in [5, 5.41) is 2.15. The van der Waals surface area contributed by atoms with Gasteiger partial charge in [-0.05, 0) is 98.1 Å². The van der Waals surface area contributed by atoms with Crippen molar-refractivity contribution in [1.29, 1.82) is 0 Å². The van der Waals surface area contributed by atoms with Crippen molar-refractivity contribution in [2.45, 2.75) is 0 Å². The minimum atomic E-state index is 0.677. The fourth-order valence-electron chi connectivity index (χ4n) is 8.58. The minimum absolute atomic E-state index is 0.677. The van der Waals surface area contributed by atoms with E-state index in [0.717, 1.165) is 61.1 Å². The third-order valence-corrected chi connectivity index (χ3v) is 11.6. The highest BCUT2D eigenvalue weighted by Crippen LogP contribution is 2.40. The third kappa shape index (κ3) is 6.88. The van der Waals surface area contributed by atoms with Gasteiger partial charge in [0, 0.05) is 22.2 Å². The first-order chi connectivity index (χ1) is 30.2. The van der Waals surface area contributed by atoms with Gasteiger partial charge >= 0.3 is 0 Å². The molecular formula is C58H39N3. The summed E-state index contributed by atoms with van der Waals surface area (Å²) < 4.78 is 2.28. The smallest absolute Gasteiger partial charge is 0.162 e. The lowest BCUT2D eigenvalue weighted by atomic mass is 9.95. The highest BCUT2D eigenvalue weighted by Gasteiger charge is 2.21. The maximum absolute atomic E-state index is 5.47. The van der Waals surface area contributed by atoms with E-state index in [9.17, 15) is 0 Å². The number of fused-ring (bicyclic) bond motifs is 3. The molecule has 0 saturated carbocycles. The summed E-state index contributed by atoms with van der Waals surface area (Å²) in [6.07, 6.45) is 0. The van der Waals surface area contributed by atoms with Crippen molar-refractivity contribution in [2.24, 2.45) is 0 Å². The first kappa shape index (κ1) is 36.0. The van der Waals surface area contributed by atoms with Gasteiger partial charge in [0.05, 0.1) is 16.6 Å². The summed E-state index contributed by atoms with van der Waals surface area (Å²) in [6, 6.07) is 84.0. The molecule has 11 aromatic rings. The molecule has 0 N–H and O–H groups in total. The Morgan fingerprint density at radius 2 is 0.656 bits per heavy atom. The number of rotatable bonds is 8. The van der Waals surface area contributed by atoms with E-state index in [0.29, 0.717) is 5.82 Å². The largest absolute Gasteiger partial charge is 0.294 e. The summed E-state index contributed by atoms with van der Waals surface area (Å²) >= 11 is 0. The molecule has 0 radical (unpaired) electrons. The van der Waals surface area contributed by atoms with Crippen molar-refractivity contribution >= 4 is 21.9 Å². The number of nitrogens with zero attached hydrogens (tertiary/aromatic N) is 3. The van der Waals surface area contributed by atoms with E-state index < -0.39 is 0 Å². The van der Waals surface area contributed by atoms with Crippen molar-refractivity contribution in [3.63, 3.8) is 0 Å². The number of hydrogen-bond acceptors (Lipinski definition) is 2. The molecule has 0 fully saturated rings. The molecule has 2 heterocycles. The van der Waals surface area contributed by atoms with E-state index in [2.05, 4.69) is 241 Å². The molecule has 0 aliphatic rings. The standard InChI is InChI=1S/C58H39N3/c1-4-16-40(17-5-1)44-20-12-22-46(36-44)42-32-34-43(35-33-42)56-55-53-30-10-11-31-54(53)61(52-28-8-3-9-29-52)58(55)60-57(59-56)51-27-15-26-50(39-51)49-25-14-24-48(38-49)47-23-13-21-45(37-47)41-18-6-2-7-19-41/h1-39H.